The molecular formula is C40H53FN5NaO6S. The van der Waals surface area contributed by atoms with Gasteiger partial charge in [0.05, 0.1) is 11.3 Å². The topological polar surface area (TPSA) is 161 Å². The number of carbonyl (C=O) groups excluding carboxylic acids is 3. The Hall–Kier alpha value is -3.39. The summed E-state index contributed by atoms with van der Waals surface area (Å²) in [7, 11) is -2.19. The van der Waals surface area contributed by atoms with Crippen LogP contribution in [0.25, 0.3) is 10.9 Å². The molecule has 1 fully saturated rings. The summed E-state index contributed by atoms with van der Waals surface area (Å²) in [6.45, 7) is 0.195. The monoisotopic (exact) mass is 773 g/mol. The number of carbonyl (C=O) groups is 3. The first-order valence-electron chi connectivity index (χ1n) is 19.0. The molecule has 0 saturated carbocycles. The summed E-state index contributed by atoms with van der Waals surface area (Å²) in [6.07, 6.45) is 21.2. The number of nitrogens with one attached hydrogen (secondary N) is 2. The Morgan fingerprint density at radius 3 is 2.24 bits per heavy atom. The number of rotatable bonds is 22. The van der Waals surface area contributed by atoms with Crippen molar-refractivity contribution in [3.05, 3.63) is 76.9 Å². The normalized spacial score (nSPS) is 13.9. The zero-order chi connectivity index (χ0) is 38.1. The van der Waals surface area contributed by atoms with Gasteiger partial charge in [0, 0.05) is 48.8 Å². The first kappa shape index (κ1) is 45.0. The number of carboxylic acids is 1. The summed E-state index contributed by atoms with van der Waals surface area (Å²) in [6, 6.07) is 7.34. The minimum atomic E-state index is -3.64. The third-order valence-corrected chi connectivity index (χ3v) is 11.4. The van der Waals surface area contributed by atoms with E-state index in [4.69, 9.17) is 4.98 Å². The molecule has 3 heterocycles. The SMILES string of the molecule is CNC(=O)c1cc(F)ccc1CNC(=O)c1nc(N2CCCCS2(=O)=O)c2cccnc2c1CCCCCCCC/C=C\CCCCCCCC(=O)[O-].[Na+]. The van der Waals surface area contributed by atoms with Crippen LogP contribution in [0.4, 0.5) is 10.2 Å². The second kappa shape index (κ2) is 23.5. The Labute approximate surface area is 341 Å². The van der Waals surface area contributed by atoms with Crippen molar-refractivity contribution in [3.8, 4) is 0 Å². The number of fused-ring (bicyclic) bond motifs is 1. The molecule has 288 valence electrons. The second-order valence-electron chi connectivity index (χ2n) is 13.6. The largest absolute Gasteiger partial charge is 1.00 e. The van der Waals surface area contributed by atoms with E-state index in [0.29, 0.717) is 47.7 Å². The van der Waals surface area contributed by atoms with Crippen LogP contribution in [0.2, 0.25) is 0 Å². The Morgan fingerprint density at radius 1 is 0.907 bits per heavy atom. The summed E-state index contributed by atoms with van der Waals surface area (Å²) in [5.74, 6) is -2.36. The molecule has 1 aliphatic heterocycles. The first-order chi connectivity index (χ1) is 25.6. The number of amides is 2. The van der Waals surface area contributed by atoms with Crippen molar-refractivity contribution in [2.75, 3.05) is 23.7 Å². The third kappa shape index (κ3) is 13.7. The van der Waals surface area contributed by atoms with Gasteiger partial charge in [0.25, 0.3) is 11.8 Å². The van der Waals surface area contributed by atoms with Gasteiger partial charge in [0.15, 0.2) is 5.82 Å². The second-order valence-corrected chi connectivity index (χ2v) is 15.6. The predicted octanol–water partition coefficient (Wildman–Crippen LogP) is 3.30. The maximum atomic E-state index is 14.0. The average Bonchev–Trinajstić information content (AvgIpc) is 3.14. The number of allylic oxidation sites excluding steroid dienone is 2. The predicted molar refractivity (Wildman–Crippen MR) is 203 cm³/mol. The Balaban J connectivity index is 0.00000784. The fourth-order valence-electron chi connectivity index (χ4n) is 6.69. The van der Waals surface area contributed by atoms with E-state index in [2.05, 4.69) is 27.8 Å². The van der Waals surface area contributed by atoms with Gasteiger partial charge in [-0.15, -0.1) is 0 Å². The third-order valence-electron chi connectivity index (χ3n) is 9.59. The van der Waals surface area contributed by atoms with Gasteiger partial charge in [-0.2, -0.15) is 0 Å². The first-order valence-corrected chi connectivity index (χ1v) is 20.6. The minimum absolute atomic E-state index is 0. The average molecular weight is 774 g/mol. The van der Waals surface area contributed by atoms with Crippen LogP contribution < -0.4 is 49.6 Å². The molecule has 0 radical (unpaired) electrons. The minimum Gasteiger partial charge on any atom is -0.550 e. The summed E-state index contributed by atoms with van der Waals surface area (Å²) in [5.41, 5.74) is 1.81. The van der Waals surface area contributed by atoms with Crippen LogP contribution in [0, 0.1) is 5.82 Å². The molecular weight excluding hydrogens is 721 g/mol. The van der Waals surface area contributed by atoms with Crippen molar-refractivity contribution in [2.45, 2.75) is 116 Å². The molecule has 0 bridgehead atoms. The number of aliphatic carboxylic acids is 1. The molecule has 2 amide bonds. The van der Waals surface area contributed by atoms with E-state index in [9.17, 15) is 32.3 Å². The van der Waals surface area contributed by atoms with Crippen LogP contribution in [0.1, 0.15) is 135 Å². The van der Waals surface area contributed by atoms with Crippen LogP contribution in [-0.4, -0.2) is 55.5 Å². The van der Waals surface area contributed by atoms with Gasteiger partial charge in [0.2, 0.25) is 10.0 Å². The number of halogens is 1. The molecule has 0 unspecified atom stereocenters. The van der Waals surface area contributed by atoms with Crippen molar-refractivity contribution in [3.63, 3.8) is 0 Å². The van der Waals surface area contributed by atoms with Gasteiger partial charge in [-0.25, -0.2) is 17.8 Å². The van der Waals surface area contributed by atoms with E-state index in [-0.39, 0.29) is 71.9 Å². The number of pyridine rings is 2. The summed E-state index contributed by atoms with van der Waals surface area (Å²) >= 11 is 0. The van der Waals surface area contributed by atoms with Crippen LogP contribution >= 0.6 is 0 Å². The number of nitrogens with zero attached hydrogens (tertiary/aromatic N) is 3. The molecule has 1 aliphatic rings. The van der Waals surface area contributed by atoms with Gasteiger partial charge in [-0.05, 0) is 94.0 Å². The van der Waals surface area contributed by atoms with Crippen LogP contribution in [0.15, 0.2) is 48.7 Å². The number of hydrogen-bond donors (Lipinski definition) is 2. The Morgan fingerprint density at radius 2 is 1.57 bits per heavy atom. The van der Waals surface area contributed by atoms with Crippen LogP contribution in [0.5, 0.6) is 0 Å². The van der Waals surface area contributed by atoms with Crippen molar-refractivity contribution in [1.82, 2.24) is 20.6 Å². The number of hydrogen-bond acceptors (Lipinski definition) is 8. The van der Waals surface area contributed by atoms with Gasteiger partial charge in [0.1, 0.15) is 11.5 Å². The molecule has 1 aromatic carbocycles. The number of aryl methyl sites for hydroxylation is 1. The van der Waals surface area contributed by atoms with Crippen molar-refractivity contribution >= 4 is 44.5 Å². The zero-order valence-electron chi connectivity index (χ0n) is 31.8. The number of anilines is 1. The van der Waals surface area contributed by atoms with Crippen molar-refractivity contribution in [1.29, 1.82) is 0 Å². The standard InChI is InChI=1S/C40H54FN5O6S.Na/c1-42-39(49)34-28-31(41)24-23-30(34)29-44-40(50)37-32(36-33(21-19-25-43-36)38(45-37)46-26-17-18-27-53(46,51)52)20-15-13-11-9-7-5-3-2-4-6-8-10-12-14-16-22-35(47)48;/h2,4,19,21,23-25,28H,3,5-18,20,22,26-27,29H2,1H3,(H,42,49)(H,44,50)(H,47,48);/q;+1/p-1/b4-2-;. The van der Waals surface area contributed by atoms with E-state index in [1.807, 2.05) is 0 Å². The number of aromatic nitrogens is 2. The van der Waals surface area contributed by atoms with E-state index >= 15 is 0 Å². The summed E-state index contributed by atoms with van der Waals surface area (Å²) in [5, 5.41) is 16.4. The molecule has 0 spiro atoms. The summed E-state index contributed by atoms with van der Waals surface area (Å²) in [4.78, 5) is 46.2. The molecule has 3 aromatic rings. The maximum absolute atomic E-state index is 14.0. The molecule has 14 heteroatoms. The molecule has 2 N–H and O–H groups in total. The van der Waals surface area contributed by atoms with Crippen molar-refractivity contribution in [2.24, 2.45) is 0 Å². The van der Waals surface area contributed by atoms with Crippen LogP contribution in [0.3, 0.4) is 0 Å². The molecule has 2 aromatic heterocycles. The number of sulfonamides is 1. The Bertz CT molecular complexity index is 1840. The number of benzene rings is 1. The van der Waals surface area contributed by atoms with Crippen LogP contribution in [-0.2, 0) is 27.8 Å². The summed E-state index contributed by atoms with van der Waals surface area (Å²) < 4.78 is 41.7. The van der Waals surface area contributed by atoms with Gasteiger partial charge in [-0.1, -0.05) is 63.2 Å². The fourth-order valence-corrected chi connectivity index (χ4v) is 8.29. The molecule has 11 nitrogen and oxygen atoms in total. The maximum Gasteiger partial charge on any atom is 1.00 e. The molecule has 4 rings (SSSR count). The van der Waals surface area contributed by atoms with Gasteiger partial charge in [-0.3, -0.25) is 18.9 Å². The quantitative estimate of drug-likeness (QED) is 0.0894. The van der Waals surface area contributed by atoms with Gasteiger partial charge < -0.3 is 20.5 Å². The van der Waals surface area contributed by atoms with E-state index in [1.165, 1.54) is 23.5 Å². The van der Waals surface area contributed by atoms with Crippen molar-refractivity contribution < 1.29 is 61.9 Å². The van der Waals surface area contributed by atoms with Gasteiger partial charge >= 0.3 is 29.6 Å². The smallest absolute Gasteiger partial charge is 0.550 e. The molecule has 0 aliphatic carbocycles. The molecule has 0 atom stereocenters. The van der Waals surface area contributed by atoms with E-state index in [1.54, 1.807) is 18.3 Å². The molecule has 54 heavy (non-hydrogen) atoms. The fraction of sp³-hybridized carbons (Fsp3) is 0.525. The van der Waals surface area contributed by atoms with E-state index < -0.39 is 33.6 Å². The number of unbranched alkanes of at least 4 members (excludes halogenated alkanes) is 11. The molecule has 1 saturated heterocycles. The number of carboxylic acid groups (broad SMARTS) is 1. The zero-order valence-corrected chi connectivity index (χ0v) is 34.7. The Kier molecular flexibility index (Phi) is 19.6. The van der Waals surface area contributed by atoms with E-state index in [0.717, 1.165) is 83.1 Å².